The molecular formula is C18H27N3O2. The monoisotopic (exact) mass is 317 g/mol. The lowest BCUT2D eigenvalue weighted by atomic mass is 10.0. The van der Waals surface area contributed by atoms with E-state index in [2.05, 4.69) is 42.3 Å². The summed E-state index contributed by atoms with van der Waals surface area (Å²) in [5.74, 6) is 0.989. The van der Waals surface area contributed by atoms with E-state index in [1.165, 1.54) is 5.56 Å². The Balaban J connectivity index is 1.56. The van der Waals surface area contributed by atoms with Crippen LogP contribution in [0.1, 0.15) is 32.3 Å². The second kappa shape index (κ2) is 7.21. The fraction of sp³-hybridized carbons (Fsp3) is 0.611. The van der Waals surface area contributed by atoms with Crippen LogP contribution in [-0.2, 0) is 6.54 Å². The van der Waals surface area contributed by atoms with Gasteiger partial charge in [-0.2, -0.15) is 0 Å². The Hall–Kier alpha value is -1.75. The van der Waals surface area contributed by atoms with Crippen molar-refractivity contribution in [2.24, 2.45) is 0 Å². The predicted octanol–water partition coefficient (Wildman–Crippen LogP) is 2.46. The molecule has 5 nitrogen and oxygen atoms in total. The van der Waals surface area contributed by atoms with Crippen LogP contribution in [0.5, 0.6) is 5.75 Å². The summed E-state index contributed by atoms with van der Waals surface area (Å²) in [6.45, 7) is 8.75. The molecule has 0 aromatic heterocycles. The Morgan fingerprint density at radius 1 is 1.22 bits per heavy atom. The first-order valence-electron chi connectivity index (χ1n) is 8.65. The zero-order chi connectivity index (χ0) is 16.2. The number of hydrogen-bond acceptors (Lipinski definition) is 3. The molecule has 2 fully saturated rings. The van der Waals surface area contributed by atoms with E-state index in [-0.39, 0.29) is 12.1 Å². The summed E-state index contributed by atoms with van der Waals surface area (Å²) in [6.07, 6.45) is 2.30. The van der Waals surface area contributed by atoms with Crippen molar-refractivity contribution in [1.82, 2.24) is 15.1 Å². The molecule has 0 bridgehead atoms. The third-order valence-electron chi connectivity index (χ3n) is 4.62. The average Bonchev–Trinajstić information content (AvgIpc) is 2.96. The lowest BCUT2D eigenvalue weighted by Gasteiger charge is -2.36. The van der Waals surface area contributed by atoms with E-state index in [0.717, 1.165) is 51.3 Å². The van der Waals surface area contributed by atoms with Crippen molar-refractivity contribution >= 4 is 6.03 Å². The zero-order valence-corrected chi connectivity index (χ0v) is 14.1. The van der Waals surface area contributed by atoms with Crippen molar-refractivity contribution in [1.29, 1.82) is 0 Å². The average molecular weight is 317 g/mol. The first-order valence-corrected chi connectivity index (χ1v) is 8.65. The lowest BCUT2D eigenvalue weighted by molar-refractivity contribution is 0.130. The summed E-state index contributed by atoms with van der Waals surface area (Å²) in [6, 6.07) is 8.81. The predicted molar refractivity (Wildman–Crippen MR) is 90.6 cm³/mol. The third kappa shape index (κ3) is 3.96. The fourth-order valence-electron chi connectivity index (χ4n) is 3.47. The number of rotatable bonds is 5. The van der Waals surface area contributed by atoms with Crippen LogP contribution < -0.4 is 10.1 Å². The molecule has 2 aliphatic rings. The summed E-state index contributed by atoms with van der Waals surface area (Å²) >= 11 is 0. The Labute approximate surface area is 138 Å². The van der Waals surface area contributed by atoms with Crippen LogP contribution in [0.15, 0.2) is 24.3 Å². The molecule has 3 rings (SSSR count). The number of benzene rings is 1. The summed E-state index contributed by atoms with van der Waals surface area (Å²) < 4.78 is 5.92. The van der Waals surface area contributed by atoms with E-state index in [9.17, 15) is 4.79 Å². The molecule has 1 aromatic rings. The number of carbonyl (C=O) groups excluding carboxylic acids is 1. The van der Waals surface area contributed by atoms with Gasteiger partial charge in [-0.05, 0) is 32.8 Å². The highest BCUT2D eigenvalue weighted by molar-refractivity contribution is 5.76. The molecule has 2 amide bonds. The van der Waals surface area contributed by atoms with E-state index in [4.69, 9.17) is 4.74 Å². The molecule has 0 atom stereocenters. The van der Waals surface area contributed by atoms with Crippen molar-refractivity contribution < 1.29 is 9.53 Å². The van der Waals surface area contributed by atoms with Gasteiger partial charge in [-0.15, -0.1) is 0 Å². The van der Waals surface area contributed by atoms with Crippen molar-refractivity contribution in [3.8, 4) is 5.75 Å². The Bertz CT molecular complexity index is 539. The standard InChI is InChI=1S/C18H27N3O2/c1-14(2)23-17-6-4-3-5-15(17)13-20-10-7-16(8-11-20)21-12-9-19-18(21)22/h3-6,14,16H,7-13H2,1-2H3,(H,19,22). The number of para-hydroxylation sites is 1. The molecule has 0 aliphatic carbocycles. The van der Waals surface area contributed by atoms with E-state index in [1.54, 1.807) is 0 Å². The Morgan fingerprint density at radius 2 is 1.96 bits per heavy atom. The Kier molecular flexibility index (Phi) is 5.06. The molecular weight excluding hydrogens is 290 g/mol. The summed E-state index contributed by atoms with van der Waals surface area (Å²) in [5, 5.41) is 2.90. The largest absolute Gasteiger partial charge is 0.491 e. The summed E-state index contributed by atoms with van der Waals surface area (Å²) in [7, 11) is 0. The minimum Gasteiger partial charge on any atom is -0.491 e. The van der Waals surface area contributed by atoms with Gasteiger partial charge >= 0.3 is 6.03 Å². The normalized spacial score (nSPS) is 20.1. The summed E-state index contributed by atoms with van der Waals surface area (Å²) in [4.78, 5) is 16.3. The van der Waals surface area contributed by atoms with Gasteiger partial charge in [0.25, 0.3) is 0 Å². The minimum atomic E-state index is 0.110. The van der Waals surface area contributed by atoms with Gasteiger partial charge in [-0.25, -0.2) is 4.79 Å². The zero-order valence-electron chi connectivity index (χ0n) is 14.1. The van der Waals surface area contributed by atoms with E-state index in [0.29, 0.717) is 6.04 Å². The topological polar surface area (TPSA) is 44.8 Å². The molecule has 0 unspecified atom stereocenters. The molecule has 1 N–H and O–H groups in total. The molecule has 1 aromatic carbocycles. The number of nitrogens with one attached hydrogen (secondary N) is 1. The van der Waals surface area contributed by atoms with Gasteiger partial charge < -0.3 is 15.0 Å². The molecule has 0 saturated carbocycles. The number of ether oxygens (including phenoxy) is 1. The van der Waals surface area contributed by atoms with Crippen LogP contribution in [0.4, 0.5) is 4.79 Å². The van der Waals surface area contributed by atoms with Crippen LogP contribution in [0.25, 0.3) is 0 Å². The highest BCUT2D eigenvalue weighted by atomic mass is 16.5. The van der Waals surface area contributed by atoms with Gasteiger partial charge in [0.1, 0.15) is 5.75 Å². The number of likely N-dealkylation sites (tertiary alicyclic amines) is 1. The molecule has 5 heteroatoms. The Morgan fingerprint density at radius 3 is 2.61 bits per heavy atom. The number of amides is 2. The SMILES string of the molecule is CC(C)Oc1ccccc1CN1CCC(N2CCNC2=O)CC1. The first-order chi connectivity index (χ1) is 11.1. The molecule has 23 heavy (non-hydrogen) atoms. The molecule has 2 heterocycles. The number of carbonyl (C=O) groups is 1. The van der Waals surface area contributed by atoms with Crippen LogP contribution >= 0.6 is 0 Å². The molecule has 2 saturated heterocycles. The fourth-order valence-corrected chi connectivity index (χ4v) is 3.47. The number of piperidine rings is 1. The van der Waals surface area contributed by atoms with Gasteiger partial charge in [-0.1, -0.05) is 18.2 Å². The van der Waals surface area contributed by atoms with Gasteiger partial charge in [-0.3, -0.25) is 4.90 Å². The smallest absolute Gasteiger partial charge is 0.317 e. The quantitative estimate of drug-likeness (QED) is 0.907. The second-order valence-electron chi connectivity index (χ2n) is 6.71. The number of urea groups is 1. The number of nitrogens with zero attached hydrogens (tertiary/aromatic N) is 2. The summed E-state index contributed by atoms with van der Waals surface area (Å²) in [5.41, 5.74) is 1.25. The molecule has 0 spiro atoms. The van der Waals surface area contributed by atoms with Gasteiger partial charge in [0.15, 0.2) is 0 Å². The van der Waals surface area contributed by atoms with E-state index < -0.39 is 0 Å². The first kappa shape index (κ1) is 16.1. The van der Waals surface area contributed by atoms with Crippen molar-refractivity contribution in [2.75, 3.05) is 26.2 Å². The van der Waals surface area contributed by atoms with Crippen molar-refractivity contribution in [3.05, 3.63) is 29.8 Å². The molecule has 126 valence electrons. The highest BCUT2D eigenvalue weighted by Gasteiger charge is 2.30. The van der Waals surface area contributed by atoms with Crippen LogP contribution in [-0.4, -0.2) is 54.2 Å². The van der Waals surface area contributed by atoms with Crippen molar-refractivity contribution in [3.63, 3.8) is 0 Å². The van der Waals surface area contributed by atoms with E-state index >= 15 is 0 Å². The van der Waals surface area contributed by atoms with Gasteiger partial charge in [0, 0.05) is 44.3 Å². The maximum Gasteiger partial charge on any atom is 0.317 e. The lowest BCUT2D eigenvalue weighted by Crippen LogP contribution is -2.45. The van der Waals surface area contributed by atoms with Crippen LogP contribution in [0, 0.1) is 0 Å². The van der Waals surface area contributed by atoms with Crippen LogP contribution in [0.2, 0.25) is 0 Å². The second-order valence-corrected chi connectivity index (χ2v) is 6.71. The maximum atomic E-state index is 11.8. The molecule has 2 aliphatic heterocycles. The van der Waals surface area contributed by atoms with Crippen molar-refractivity contribution in [2.45, 2.75) is 45.4 Å². The minimum absolute atomic E-state index is 0.110. The van der Waals surface area contributed by atoms with Gasteiger partial charge in [0.2, 0.25) is 0 Å². The maximum absolute atomic E-state index is 11.8. The van der Waals surface area contributed by atoms with Gasteiger partial charge in [0.05, 0.1) is 6.10 Å². The highest BCUT2D eigenvalue weighted by Crippen LogP contribution is 2.24. The van der Waals surface area contributed by atoms with E-state index in [1.807, 2.05) is 11.0 Å². The number of hydrogen-bond donors (Lipinski definition) is 1. The third-order valence-corrected chi connectivity index (χ3v) is 4.62. The molecule has 0 radical (unpaired) electrons. The van der Waals surface area contributed by atoms with Crippen LogP contribution in [0.3, 0.4) is 0 Å².